The molecular formula is C22H30N2O. The normalized spacial score (nSPS) is 17.8. The highest BCUT2D eigenvalue weighted by Gasteiger charge is 2.20. The number of anilines is 1. The second-order valence-electron chi connectivity index (χ2n) is 6.95. The second-order valence-corrected chi connectivity index (χ2v) is 6.95. The van der Waals surface area contributed by atoms with Gasteiger partial charge in [-0.2, -0.15) is 0 Å². The Morgan fingerprint density at radius 3 is 2.52 bits per heavy atom. The van der Waals surface area contributed by atoms with Gasteiger partial charge in [0.15, 0.2) is 5.78 Å². The van der Waals surface area contributed by atoms with E-state index in [2.05, 4.69) is 29.0 Å². The third-order valence-corrected chi connectivity index (χ3v) is 4.91. The molecule has 0 N–H and O–H groups in total. The Bertz CT molecular complexity index is 663. The maximum Gasteiger partial charge on any atom is 0.156 e. The number of carbonyl (C=O) groups is 1. The first kappa shape index (κ1) is 19.2. The topological polar surface area (TPSA) is 33.2 Å². The van der Waals surface area contributed by atoms with Crippen LogP contribution >= 0.6 is 0 Å². The van der Waals surface area contributed by atoms with Gasteiger partial charge in [0.1, 0.15) is 5.82 Å². The molecule has 1 saturated heterocycles. The second kappa shape index (κ2) is 9.36. The van der Waals surface area contributed by atoms with E-state index in [1.54, 1.807) is 6.92 Å². The van der Waals surface area contributed by atoms with Gasteiger partial charge in [-0.05, 0) is 76.2 Å². The van der Waals surface area contributed by atoms with Crippen LogP contribution in [0.1, 0.15) is 47.0 Å². The molecule has 3 heteroatoms. The van der Waals surface area contributed by atoms with Crippen molar-refractivity contribution < 1.29 is 4.79 Å². The molecule has 134 valence electrons. The lowest BCUT2D eigenvalue weighted by molar-refractivity contribution is -0.113. The maximum atomic E-state index is 11.7. The number of piperidine rings is 1. The summed E-state index contributed by atoms with van der Waals surface area (Å²) < 4.78 is 0. The van der Waals surface area contributed by atoms with Crippen molar-refractivity contribution >= 4 is 11.6 Å². The molecule has 0 aromatic carbocycles. The SMILES string of the molecule is C\C=C/C(/C=C(\C)CC1CCN(c2ccccn2)CC1)=C(\C)C(C)=O. The summed E-state index contributed by atoms with van der Waals surface area (Å²) in [5.74, 6) is 1.94. The van der Waals surface area contributed by atoms with E-state index in [1.807, 2.05) is 44.3 Å². The number of aromatic nitrogens is 1. The van der Waals surface area contributed by atoms with Gasteiger partial charge in [-0.15, -0.1) is 0 Å². The van der Waals surface area contributed by atoms with Gasteiger partial charge in [-0.1, -0.05) is 29.9 Å². The Morgan fingerprint density at radius 1 is 1.24 bits per heavy atom. The van der Waals surface area contributed by atoms with Crippen molar-refractivity contribution in [2.45, 2.75) is 47.0 Å². The summed E-state index contributed by atoms with van der Waals surface area (Å²) in [6.45, 7) is 9.85. The third-order valence-electron chi connectivity index (χ3n) is 4.91. The largest absolute Gasteiger partial charge is 0.357 e. The van der Waals surface area contributed by atoms with Crippen molar-refractivity contribution in [2.24, 2.45) is 5.92 Å². The fraction of sp³-hybridized carbons (Fsp3) is 0.455. The van der Waals surface area contributed by atoms with Crippen LogP contribution in [0.25, 0.3) is 0 Å². The molecule has 1 aromatic heterocycles. The first-order chi connectivity index (χ1) is 12.0. The minimum Gasteiger partial charge on any atom is -0.357 e. The van der Waals surface area contributed by atoms with E-state index in [0.717, 1.165) is 36.5 Å². The van der Waals surface area contributed by atoms with Crippen LogP contribution < -0.4 is 4.90 Å². The zero-order valence-electron chi connectivity index (χ0n) is 16.0. The molecule has 0 bridgehead atoms. The van der Waals surface area contributed by atoms with Crippen LogP contribution in [0.4, 0.5) is 5.82 Å². The minimum absolute atomic E-state index is 0.140. The number of pyridine rings is 1. The molecule has 1 fully saturated rings. The zero-order valence-corrected chi connectivity index (χ0v) is 16.0. The summed E-state index contributed by atoms with van der Waals surface area (Å²) in [5.41, 5.74) is 3.23. The van der Waals surface area contributed by atoms with Gasteiger partial charge in [-0.25, -0.2) is 4.98 Å². The van der Waals surface area contributed by atoms with Crippen LogP contribution in [0.15, 0.2) is 59.3 Å². The fourth-order valence-electron chi connectivity index (χ4n) is 3.35. The molecule has 0 spiro atoms. The number of rotatable bonds is 6. The maximum absolute atomic E-state index is 11.7. The Balaban J connectivity index is 1.96. The fourth-order valence-corrected chi connectivity index (χ4v) is 3.35. The summed E-state index contributed by atoms with van der Waals surface area (Å²) in [6, 6.07) is 6.10. The Hall–Kier alpha value is -2.16. The highest BCUT2D eigenvalue weighted by atomic mass is 16.1. The first-order valence-corrected chi connectivity index (χ1v) is 9.19. The van der Waals surface area contributed by atoms with Crippen molar-refractivity contribution in [1.29, 1.82) is 0 Å². The molecule has 1 aliphatic heterocycles. The molecule has 0 saturated carbocycles. The van der Waals surface area contributed by atoms with Crippen LogP contribution in [0.2, 0.25) is 0 Å². The number of carbonyl (C=O) groups excluding carboxylic acids is 1. The monoisotopic (exact) mass is 338 g/mol. The van der Waals surface area contributed by atoms with Gasteiger partial charge in [-0.3, -0.25) is 4.79 Å². The van der Waals surface area contributed by atoms with E-state index in [0.29, 0.717) is 5.92 Å². The quantitative estimate of drug-likeness (QED) is 0.533. The molecule has 2 rings (SSSR count). The van der Waals surface area contributed by atoms with Gasteiger partial charge in [0.2, 0.25) is 0 Å². The lowest BCUT2D eigenvalue weighted by Gasteiger charge is -2.33. The Labute approximate surface area is 152 Å². The van der Waals surface area contributed by atoms with E-state index in [1.165, 1.54) is 18.4 Å². The number of nitrogens with zero attached hydrogens (tertiary/aromatic N) is 2. The van der Waals surface area contributed by atoms with Crippen LogP contribution in [0.5, 0.6) is 0 Å². The van der Waals surface area contributed by atoms with Gasteiger partial charge >= 0.3 is 0 Å². The van der Waals surface area contributed by atoms with Gasteiger partial charge in [0.05, 0.1) is 0 Å². The van der Waals surface area contributed by atoms with Gasteiger partial charge in [0, 0.05) is 19.3 Å². The minimum atomic E-state index is 0.140. The standard InChI is InChI=1S/C22H30N2O/c1-5-8-21(18(3)19(4)25)16-17(2)15-20-10-13-24(14-11-20)22-9-6-7-12-23-22/h5-9,12,16,20H,10-11,13-15H2,1-4H3/b8-5-,17-16+,21-18-. The van der Waals surface area contributed by atoms with E-state index >= 15 is 0 Å². The smallest absolute Gasteiger partial charge is 0.156 e. The number of Topliss-reactive ketones (excluding diaryl/α,β-unsaturated/α-hetero) is 1. The molecule has 0 aliphatic carbocycles. The number of allylic oxidation sites excluding steroid dienone is 6. The Morgan fingerprint density at radius 2 is 1.96 bits per heavy atom. The summed E-state index contributed by atoms with van der Waals surface area (Å²) in [7, 11) is 0. The molecule has 25 heavy (non-hydrogen) atoms. The van der Waals surface area contributed by atoms with Crippen LogP contribution in [-0.4, -0.2) is 23.9 Å². The molecule has 0 atom stereocenters. The highest BCUT2D eigenvalue weighted by Crippen LogP contribution is 2.27. The highest BCUT2D eigenvalue weighted by molar-refractivity contribution is 5.94. The van der Waals surface area contributed by atoms with Crippen molar-refractivity contribution in [2.75, 3.05) is 18.0 Å². The average molecular weight is 338 g/mol. The van der Waals surface area contributed by atoms with E-state index < -0.39 is 0 Å². The Kier molecular flexibility index (Phi) is 7.17. The lowest BCUT2D eigenvalue weighted by Crippen LogP contribution is -2.34. The number of ketones is 1. The third kappa shape index (κ3) is 5.70. The molecule has 2 heterocycles. The number of hydrogen-bond donors (Lipinski definition) is 0. The zero-order chi connectivity index (χ0) is 18.2. The first-order valence-electron chi connectivity index (χ1n) is 9.19. The van der Waals surface area contributed by atoms with E-state index in [-0.39, 0.29) is 5.78 Å². The van der Waals surface area contributed by atoms with Crippen LogP contribution in [0.3, 0.4) is 0 Å². The van der Waals surface area contributed by atoms with E-state index in [9.17, 15) is 4.79 Å². The predicted molar refractivity (Wildman–Crippen MR) is 106 cm³/mol. The van der Waals surface area contributed by atoms with Gasteiger partial charge in [0.25, 0.3) is 0 Å². The summed E-state index contributed by atoms with van der Waals surface area (Å²) >= 11 is 0. The molecule has 1 aromatic rings. The molecular weight excluding hydrogens is 308 g/mol. The van der Waals surface area contributed by atoms with Crippen LogP contribution in [-0.2, 0) is 4.79 Å². The predicted octanol–water partition coefficient (Wildman–Crippen LogP) is 5.12. The summed E-state index contributed by atoms with van der Waals surface area (Å²) in [5, 5.41) is 0. The average Bonchev–Trinajstić information content (AvgIpc) is 2.62. The molecule has 0 unspecified atom stereocenters. The van der Waals surface area contributed by atoms with Gasteiger partial charge < -0.3 is 4.90 Å². The van der Waals surface area contributed by atoms with E-state index in [4.69, 9.17) is 0 Å². The van der Waals surface area contributed by atoms with Crippen molar-refractivity contribution in [3.8, 4) is 0 Å². The molecule has 1 aliphatic rings. The van der Waals surface area contributed by atoms with Crippen molar-refractivity contribution in [1.82, 2.24) is 4.98 Å². The lowest BCUT2D eigenvalue weighted by atomic mass is 9.89. The van der Waals surface area contributed by atoms with Crippen molar-refractivity contribution in [3.63, 3.8) is 0 Å². The van der Waals surface area contributed by atoms with Crippen LogP contribution in [0, 0.1) is 5.92 Å². The summed E-state index contributed by atoms with van der Waals surface area (Å²) in [4.78, 5) is 18.5. The summed E-state index contributed by atoms with van der Waals surface area (Å²) in [6.07, 6.45) is 11.6. The molecule has 0 radical (unpaired) electrons. The molecule has 0 amide bonds. The van der Waals surface area contributed by atoms with Crippen molar-refractivity contribution in [3.05, 3.63) is 59.3 Å². The number of hydrogen-bond acceptors (Lipinski definition) is 3. The molecule has 3 nitrogen and oxygen atoms in total.